The van der Waals surface area contributed by atoms with Gasteiger partial charge in [0.25, 0.3) is 7.37 Å². The molecule has 0 saturated heterocycles. The van der Waals surface area contributed by atoms with Crippen LogP contribution in [0, 0.1) is 0 Å². The number of hydrogen-bond acceptors (Lipinski definition) is 3. The van der Waals surface area contributed by atoms with Gasteiger partial charge in [0, 0.05) is 24.0 Å². The van der Waals surface area contributed by atoms with Crippen molar-refractivity contribution in [1.29, 1.82) is 0 Å². The minimum absolute atomic E-state index is 0.691. The zero-order valence-electron chi connectivity index (χ0n) is 11.1. The first kappa shape index (κ1) is 13.0. The van der Waals surface area contributed by atoms with Crippen LogP contribution in [0.25, 0.3) is 10.9 Å². The van der Waals surface area contributed by atoms with Crippen LogP contribution in [0.5, 0.6) is 0 Å². The largest absolute Gasteiger partial charge is 0.325 e. The van der Waals surface area contributed by atoms with Crippen molar-refractivity contribution >= 4 is 28.9 Å². The molecule has 3 aromatic rings. The molecule has 0 aliphatic heterocycles. The van der Waals surface area contributed by atoms with Crippen molar-refractivity contribution in [3.63, 3.8) is 0 Å². The highest BCUT2D eigenvalue weighted by Crippen LogP contribution is 2.45. The van der Waals surface area contributed by atoms with Crippen molar-refractivity contribution in [3.8, 4) is 0 Å². The standard InChI is InChI=1S/C16H14NO2P/c1-19-20(18,13-7-3-2-4-8-13)16-11-12-17-15-10-6-5-9-14(15)16/h2-12H,1H3. The lowest BCUT2D eigenvalue weighted by Gasteiger charge is -2.18. The fourth-order valence-electron chi connectivity index (χ4n) is 2.30. The van der Waals surface area contributed by atoms with E-state index in [9.17, 15) is 4.57 Å². The van der Waals surface area contributed by atoms with E-state index in [4.69, 9.17) is 4.52 Å². The molecule has 0 saturated carbocycles. The first-order valence-corrected chi connectivity index (χ1v) is 7.94. The normalized spacial score (nSPS) is 14.1. The number of pyridine rings is 1. The Morgan fingerprint density at radius 3 is 2.40 bits per heavy atom. The number of rotatable bonds is 3. The summed E-state index contributed by atoms with van der Waals surface area (Å²) in [6.07, 6.45) is 1.67. The molecular weight excluding hydrogens is 269 g/mol. The second-order valence-electron chi connectivity index (χ2n) is 4.42. The third-order valence-corrected chi connectivity index (χ3v) is 5.81. The number of aromatic nitrogens is 1. The Morgan fingerprint density at radius 2 is 1.65 bits per heavy atom. The highest BCUT2D eigenvalue weighted by molar-refractivity contribution is 7.74. The van der Waals surface area contributed by atoms with E-state index in [-0.39, 0.29) is 0 Å². The summed E-state index contributed by atoms with van der Waals surface area (Å²) in [5.41, 5.74) is 0.818. The average Bonchev–Trinajstić information content (AvgIpc) is 2.54. The van der Waals surface area contributed by atoms with Crippen LogP contribution in [0.15, 0.2) is 66.9 Å². The van der Waals surface area contributed by atoms with Crippen LogP contribution in [0.3, 0.4) is 0 Å². The molecule has 1 heterocycles. The molecule has 1 atom stereocenters. The first-order chi connectivity index (χ1) is 9.75. The highest BCUT2D eigenvalue weighted by atomic mass is 31.2. The summed E-state index contributed by atoms with van der Waals surface area (Å²) in [6, 6.07) is 18.7. The Morgan fingerprint density at radius 1 is 0.950 bits per heavy atom. The van der Waals surface area contributed by atoms with Gasteiger partial charge < -0.3 is 4.52 Å². The van der Waals surface area contributed by atoms with Gasteiger partial charge in [0.15, 0.2) is 0 Å². The van der Waals surface area contributed by atoms with E-state index in [1.165, 1.54) is 7.11 Å². The molecule has 0 N–H and O–H groups in total. The number of nitrogens with zero attached hydrogens (tertiary/aromatic N) is 1. The topological polar surface area (TPSA) is 39.2 Å². The van der Waals surface area contributed by atoms with Crippen LogP contribution in [0.4, 0.5) is 0 Å². The molecule has 4 heteroatoms. The number of fused-ring (bicyclic) bond motifs is 1. The van der Waals surface area contributed by atoms with Gasteiger partial charge in [-0.2, -0.15) is 0 Å². The third-order valence-electron chi connectivity index (χ3n) is 3.30. The van der Waals surface area contributed by atoms with Crippen LogP contribution in [-0.4, -0.2) is 12.1 Å². The minimum Gasteiger partial charge on any atom is -0.325 e. The van der Waals surface area contributed by atoms with Gasteiger partial charge in [0.05, 0.1) is 10.8 Å². The molecular formula is C16H14NO2P. The zero-order valence-corrected chi connectivity index (χ0v) is 12.0. The van der Waals surface area contributed by atoms with E-state index in [1.807, 2.05) is 54.6 Å². The Labute approximate surface area is 117 Å². The molecule has 1 aromatic heterocycles. The molecule has 2 aromatic carbocycles. The fraction of sp³-hybridized carbons (Fsp3) is 0.0625. The van der Waals surface area contributed by atoms with E-state index < -0.39 is 7.37 Å². The van der Waals surface area contributed by atoms with E-state index >= 15 is 0 Å². The van der Waals surface area contributed by atoms with Crippen molar-refractivity contribution in [2.75, 3.05) is 7.11 Å². The maximum absolute atomic E-state index is 13.3. The molecule has 100 valence electrons. The molecule has 0 bridgehead atoms. The molecule has 1 unspecified atom stereocenters. The Bertz CT molecular complexity index is 781. The molecule has 0 amide bonds. The summed E-state index contributed by atoms with van der Waals surface area (Å²) < 4.78 is 18.8. The molecule has 0 spiro atoms. The predicted molar refractivity (Wildman–Crippen MR) is 82.1 cm³/mol. The van der Waals surface area contributed by atoms with Crippen molar-refractivity contribution in [2.24, 2.45) is 0 Å². The summed E-state index contributed by atoms with van der Waals surface area (Å²) in [5, 5.41) is 2.25. The monoisotopic (exact) mass is 283 g/mol. The van der Waals surface area contributed by atoms with E-state index in [0.29, 0.717) is 10.6 Å². The van der Waals surface area contributed by atoms with Gasteiger partial charge in [0.1, 0.15) is 0 Å². The van der Waals surface area contributed by atoms with E-state index in [1.54, 1.807) is 12.3 Å². The summed E-state index contributed by atoms with van der Waals surface area (Å²) in [6.45, 7) is 0. The molecule has 0 aliphatic rings. The summed E-state index contributed by atoms with van der Waals surface area (Å²) in [5.74, 6) is 0. The van der Waals surface area contributed by atoms with E-state index in [2.05, 4.69) is 4.98 Å². The lowest BCUT2D eigenvalue weighted by Crippen LogP contribution is -2.18. The number of benzene rings is 2. The first-order valence-electron chi connectivity index (χ1n) is 6.31. The van der Waals surface area contributed by atoms with Gasteiger partial charge in [-0.1, -0.05) is 36.4 Å². The Hall–Kier alpha value is -1.96. The number of hydrogen-bond donors (Lipinski definition) is 0. The van der Waals surface area contributed by atoms with E-state index in [0.717, 1.165) is 10.9 Å². The molecule has 0 fully saturated rings. The Kier molecular flexibility index (Phi) is 3.39. The van der Waals surface area contributed by atoms with Crippen LogP contribution < -0.4 is 10.6 Å². The maximum Gasteiger partial charge on any atom is 0.261 e. The zero-order chi connectivity index (χ0) is 14.0. The molecule has 20 heavy (non-hydrogen) atoms. The Balaban J connectivity index is 2.30. The second kappa shape index (κ2) is 5.20. The van der Waals surface area contributed by atoms with Gasteiger partial charge in [-0.15, -0.1) is 0 Å². The van der Waals surface area contributed by atoms with Crippen LogP contribution in [0.1, 0.15) is 0 Å². The number of para-hydroxylation sites is 1. The van der Waals surface area contributed by atoms with Crippen LogP contribution in [-0.2, 0) is 9.09 Å². The smallest absolute Gasteiger partial charge is 0.261 e. The molecule has 0 aliphatic carbocycles. The van der Waals surface area contributed by atoms with Crippen LogP contribution >= 0.6 is 7.37 Å². The fourth-order valence-corrected chi connectivity index (χ4v) is 4.32. The minimum atomic E-state index is -3.09. The molecule has 3 rings (SSSR count). The van der Waals surface area contributed by atoms with Gasteiger partial charge in [0.2, 0.25) is 0 Å². The van der Waals surface area contributed by atoms with Crippen molar-refractivity contribution in [2.45, 2.75) is 0 Å². The van der Waals surface area contributed by atoms with Crippen molar-refractivity contribution < 1.29 is 9.09 Å². The summed E-state index contributed by atoms with van der Waals surface area (Å²) in [7, 11) is -1.60. The van der Waals surface area contributed by atoms with Gasteiger partial charge in [-0.25, -0.2) is 0 Å². The van der Waals surface area contributed by atoms with Gasteiger partial charge in [-0.05, 0) is 24.3 Å². The SMILES string of the molecule is COP(=O)(c1ccccc1)c1ccnc2ccccc12. The second-order valence-corrected chi connectivity index (χ2v) is 6.88. The third kappa shape index (κ3) is 2.05. The summed E-state index contributed by atoms with van der Waals surface area (Å²) in [4.78, 5) is 4.31. The van der Waals surface area contributed by atoms with Crippen LogP contribution in [0.2, 0.25) is 0 Å². The summed E-state index contributed by atoms with van der Waals surface area (Å²) >= 11 is 0. The van der Waals surface area contributed by atoms with Gasteiger partial charge in [-0.3, -0.25) is 9.55 Å². The van der Waals surface area contributed by atoms with Crippen molar-refractivity contribution in [3.05, 3.63) is 66.9 Å². The van der Waals surface area contributed by atoms with Crippen molar-refractivity contribution in [1.82, 2.24) is 4.98 Å². The van der Waals surface area contributed by atoms with Gasteiger partial charge >= 0.3 is 0 Å². The molecule has 3 nitrogen and oxygen atoms in total. The predicted octanol–water partition coefficient (Wildman–Crippen LogP) is 3.11. The average molecular weight is 283 g/mol. The quantitative estimate of drug-likeness (QED) is 0.693. The lowest BCUT2D eigenvalue weighted by atomic mass is 10.2. The lowest BCUT2D eigenvalue weighted by molar-refractivity contribution is 0.412. The molecule has 0 radical (unpaired) electrons. The maximum atomic E-state index is 13.3. The highest BCUT2D eigenvalue weighted by Gasteiger charge is 2.28.